The molecule has 0 unspecified atom stereocenters. The molecule has 0 aliphatic carbocycles. The van der Waals surface area contributed by atoms with Crippen molar-refractivity contribution in [3.8, 4) is 0 Å². The van der Waals surface area contributed by atoms with Gasteiger partial charge in [0.15, 0.2) is 0 Å². The van der Waals surface area contributed by atoms with Crippen molar-refractivity contribution in [2.45, 2.75) is 19.5 Å². The number of hydrogen-bond donors (Lipinski definition) is 1. The lowest BCUT2D eigenvalue weighted by Gasteiger charge is -2.26. The van der Waals surface area contributed by atoms with Gasteiger partial charge in [0.25, 0.3) is 0 Å². The number of hydrogen-bond acceptors (Lipinski definition) is 2. The van der Waals surface area contributed by atoms with E-state index in [9.17, 15) is 4.79 Å². The summed E-state index contributed by atoms with van der Waals surface area (Å²) in [6.07, 6.45) is 0. The third-order valence-corrected chi connectivity index (χ3v) is 3.51. The van der Waals surface area contributed by atoms with Crippen LogP contribution in [0, 0.1) is 6.92 Å². The maximum Gasteiger partial charge on any atom is 0.239 e. The van der Waals surface area contributed by atoms with Gasteiger partial charge in [0.1, 0.15) is 6.04 Å². The molecule has 0 aliphatic rings. The number of nitrogens with zero attached hydrogens (tertiary/aromatic N) is 1. The molecule has 2 aromatic carbocycles. The maximum absolute atomic E-state index is 11.8. The zero-order valence-electron chi connectivity index (χ0n) is 11.9. The first-order valence-electron chi connectivity index (χ1n) is 6.68. The molecule has 0 fully saturated rings. The highest BCUT2D eigenvalue weighted by Crippen LogP contribution is 2.21. The number of carbonyl (C=O) groups is 1. The molecule has 2 rings (SSSR count). The highest BCUT2D eigenvalue weighted by atomic mass is 16.1. The van der Waals surface area contributed by atoms with Gasteiger partial charge in [-0.15, -0.1) is 0 Å². The number of primary amides is 1. The van der Waals surface area contributed by atoms with Gasteiger partial charge in [0, 0.05) is 6.54 Å². The number of nitrogens with two attached hydrogens (primary N) is 1. The summed E-state index contributed by atoms with van der Waals surface area (Å²) in [7, 11) is 1.93. The molecular weight excluding hydrogens is 248 g/mol. The van der Waals surface area contributed by atoms with Crippen molar-refractivity contribution >= 4 is 5.91 Å². The SMILES string of the molecule is Cc1ccccc1CN(C)[C@H](C(N)=O)c1ccccc1. The summed E-state index contributed by atoms with van der Waals surface area (Å²) < 4.78 is 0. The fraction of sp³-hybridized carbons (Fsp3) is 0.235. The van der Waals surface area contributed by atoms with Gasteiger partial charge in [-0.25, -0.2) is 0 Å². The highest BCUT2D eigenvalue weighted by Gasteiger charge is 2.22. The van der Waals surface area contributed by atoms with Crippen molar-refractivity contribution < 1.29 is 4.79 Å². The van der Waals surface area contributed by atoms with Crippen molar-refractivity contribution in [2.75, 3.05) is 7.05 Å². The van der Waals surface area contributed by atoms with Gasteiger partial charge < -0.3 is 5.73 Å². The topological polar surface area (TPSA) is 46.3 Å². The molecule has 0 saturated heterocycles. The molecule has 1 atom stereocenters. The molecule has 0 aromatic heterocycles. The molecule has 0 bridgehead atoms. The number of amides is 1. The van der Waals surface area contributed by atoms with Gasteiger partial charge in [-0.05, 0) is 30.7 Å². The van der Waals surface area contributed by atoms with Gasteiger partial charge in [0.2, 0.25) is 5.91 Å². The quantitative estimate of drug-likeness (QED) is 0.906. The largest absolute Gasteiger partial charge is 0.368 e. The molecule has 3 nitrogen and oxygen atoms in total. The van der Waals surface area contributed by atoms with Gasteiger partial charge in [0.05, 0.1) is 0 Å². The van der Waals surface area contributed by atoms with Gasteiger partial charge in [-0.3, -0.25) is 9.69 Å². The van der Waals surface area contributed by atoms with Crippen LogP contribution >= 0.6 is 0 Å². The third kappa shape index (κ3) is 3.25. The molecule has 2 aromatic rings. The molecule has 0 aliphatic heterocycles. The Kier molecular flexibility index (Phi) is 4.53. The molecule has 0 radical (unpaired) electrons. The Hall–Kier alpha value is -2.13. The molecule has 0 spiro atoms. The van der Waals surface area contributed by atoms with E-state index in [0.717, 1.165) is 5.56 Å². The fourth-order valence-corrected chi connectivity index (χ4v) is 2.42. The molecule has 0 saturated carbocycles. The average molecular weight is 268 g/mol. The van der Waals surface area contributed by atoms with E-state index < -0.39 is 6.04 Å². The van der Waals surface area contributed by atoms with Crippen LogP contribution < -0.4 is 5.73 Å². The molecule has 1 amide bonds. The molecule has 3 heteroatoms. The van der Waals surface area contributed by atoms with Crippen LogP contribution in [0.1, 0.15) is 22.7 Å². The predicted octanol–water partition coefficient (Wildman–Crippen LogP) is 2.65. The summed E-state index contributed by atoms with van der Waals surface area (Å²) in [5.74, 6) is -0.327. The van der Waals surface area contributed by atoms with E-state index in [1.54, 1.807) is 0 Å². The lowest BCUT2D eigenvalue weighted by molar-refractivity contribution is -0.123. The minimum absolute atomic E-state index is 0.327. The summed E-state index contributed by atoms with van der Waals surface area (Å²) in [5, 5.41) is 0. The normalized spacial score (nSPS) is 12.3. The summed E-state index contributed by atoms with van der Waals surface area (Å²) in [6.45, 7) is 2.76. The van der Waals surface area contributed by atoms with E-state index in [2.05, 4.69) is 19.1 Å². The van der Waals surface area contributed by atoms with E-state index in [4.69, 9.17) is 5.73 Å². The Labute approximate surface area is 120 Å². The maximum atomic E-state index is 11.8. The molecular formula is C17H20N2O. The molecule has 0 heterocycles. The monoisotopic (exact) mass is 268 g/mol. The minimum Gasteiger partial charge on any atom is -0.368 e. The lowest BCUT2D eigenvalue weighted by atomic mass is 10.0. The predicted molar refractivity (Wildman–Crippen MR) is 81.0 cm³/mol. The summed E-state index contributed by atoms with van der Waals surface area (Å²) in [4.78, 5) is 13.8. The van der Waals surface area contributed by atoms with Gasteiger partial charge in [-0.1, -0.05) is 54.6 Å². The first-order valence-corrected chi connectivity index (χ1v) is 6.68. The van der Waals surface area contributed by atoms with E-state index in [-0.39, 0.29) is 5.91 Å². The van der Waals surface area contributed by atoms with Crippen molar-refractivity contribution in [3.05, 3.63) is 71.3 Å². The van der Waals surface area contributed by atoms with Crippen LogP contribution in [0.5, 0.6) is 0 Å². The zero-order valence-corrected chi connectivity index (χ0v) is 11.9. The smallest absolute Gasteiger partial charge is 0.239 e. The number of likely N-dealkylation sites (N-methyl/N-ethyl adjacent to an activating group) is 1. The van der Waals surface area contributed by atoms with Crippen LogP contribution in [-0.4, -0.2) is 17.9 Å². The fourth-order valence-electron chi connectivity index (χ4n) is 2.42. The van der Waals surface area contributed by atoms with Crippen LogP contribution in [0.2, 0.25) is 0 Å². The first kappa shape index (κ1) is 14.3. The van der Waals surface area contributed by atoms with Gasteiger partial charge >= 0.3 is 0 Å². The van der Waals surface area contributed by atoms with Crippen LogP contribution in [-0.2, 0) is 11.3 Å². The van der Waals surface area contributed by atoms with Gasteiger partial charge in [-0.2, -0.15) is 0 Å². The Balaban J connectivity index is 2.23. The Bertz CT molecular complexity index is 581. The number of carbonyl (C=O) groups excluding carboxylic acids is 1. The van der Waals surface area contributed by atoms with Crippen molar-refractivity contribution in [1.29, 1.82) is 0 Å². The second-order valence-electron chi connectivity index (χ2n) is 5.06. The van der Waals surface area contributed by atoms with Crippen LogP contribution in [0.4, 0.5) is 0 Å². The Morgan fingerprint density at radius 1 is 1.10 bits per heavy atom. The number of aryl methyl sites for hydroxylation is 1. The van der Waals surface area contributed by atoms with Crippen molar-refractivity contribution in [2.24, 2.45) is 5.73 Å². The van der Waals surface area contributed by atoms with Crippen molar-refractivity contribution in [3.63, 3.8) is 0 Å². The second kappa shape index (κ2) is 6.35. The number of rotatable bonds is 5. The Morgan fingerprint density at radius 3 is 2.30 bits per heavy atom. The van der Waals surface area contributed by atoms with E-state index in [1.807, 2.05) is 54.4 Å². The van der Waals surface area contributed by atoms with Crippen molar-refractivity contribution in [1.82, 2.24) is 4.90 Å². The van der Waals surface area contributed by atoms with Crippen LogP contribution in [0.25, 0.3) is 0 Å². The molecule has 104 valence electrons. The standard InChI is InChI=1S/C17H20N2O/c1-13-8-6-7-11-15(13)12-19(2)16(17(18)20)14-9-4-3-5-10-14/h3-11,16H,12H2,1-2H3,(H2,18,20)/t16-/m0/s1. The Morgan fingerprint density at radius 2 is 1.70 bits per heavy atom. The molecule has 20 heavy (non-hydrogen) atoms. The third-order valence-electron chi connectivity index (χ3n) is 3.51. The van der Waals surface area contributed by atoms with Crippen LogP contribution in [0.3, 0.4) is 0 Å². The highest BCUT2D eigenvalue weighted by molar-refractivity contribution is 5.81. The second-order valence-corrected chi connectivity index (χ2v) is 5.06. The van der Waals surface area contributed by atoms with E-state index >= 15 is 0 Å². The minimum atomic E-state index is -0.407. The van der Waals surface area contributed by atoms with E-state index in [1.165, 1.54) is 11.1 Å². The van der Waals surface area contributed by atoms with E-state index in [0.29, 0.717) is 6.54 Å². The zero-order chi connectivity index (χ0) is 14.5. The first-order chi connectivity index (χ1) is 9.59. The summed E-state index contributed by atoms with van der Waals surface area (Å²) in [5.41, 5.74) is 8.93. The lowest BCUT2D eigenvalue weighted by Crippen LogP contribution is -2.35. The number of benzene rings is 2. The average Bonchev–Trinajstić information content (AvgIpc) is 2.42. The summed E-state index contributed by atoms with van der Waals surface area (Å²) in [6, 6.07) is 17.4. The summed E-state index contributed by atoms with van der Waals surface area (Å²) >= 11 is 0. The van der Waals surface area contributed by atoms with Crippen LogP contribution in [0.15, 0.2) is 54.6 Å². The molecule has 2 N–H and O–H groups in total.